The van der Waals surface area contributed by atoms with Crippen molar-refractivity contribution in [3.8, 4) is 5.69 Å². The summed E-state index contributed by atoms with van der Waals surface area (Å²) < 4.78 is 53.0. The first-order valence-electron chi connectivity index (χ1n) is 9.07. The number of ether oxygens (including phenoxy) is 2. The molecule has 3 aromatic rings. The van der Waals surface area contributed by atoms with Crippen LogP contribution in [0.2, 0.25) is 0 Å². The van der Waals surface area contributed by atoms with Gasteiger partial charge in [0.25, 0.3) is 0 Å². The van der Waals surface area contributed by atoms with Crippen molar-refractivity contribution < 1.29 is 32.2 Å². The molecular formula is C21H17F3N2O5. The lowest BCUT2D eigenvalue weighted by Crippen LogP contribution is -2.21. The van der Waals surface area contributed by atoms with E-state index in [1.165, 1.54) is 11.5 Å². The second-order valence-electron chi connectivity index (χ2n) is 6.53. The number of pyridine rings is 1. The standard InChI is InChI=1S/C21H17F3N2O5/c1-3-30-21(29)13-8-26(19-6-15(23)14(22)5-12(19)20(13)28)18-7-17(25)16(24)4-11(18)9-31-10(2)27/h4-8H,3,9,25H2,1-2H3. The van der Waals surface area contributed by atoms with E-state index in [0.717, 1.165) is 31.3 Å². The van der Waals surface area contributed by atoms with Crippen molar-refractivity contribution in [1.29, 1.82) is 0 Å². The number of fused-ring (bicyclic) bond motifs is 1. The third-order valence-corrected chi connectivity index (χ3v) is 4.43. The maximum Gasteiger partial charge on any atom is 0.343 e. The summed E-state index contributed by atoms with van der Waals surface area (Å²) in [5.41, 5.74) is 4.11. The van der Waals surface area contributed by atoms with Gasteiger partial charge >= 0.3 is 11.9 Å². The average molecular weight is 434 g/mol. The first-order chi connectivity index (χ1) is 14.6. The minimum Gasteiger partial charge on any atom is -0.462 e. The predicted molar refractivity (Wildman–Crippen MR) is 105 cm³/mol. The second kappa shape index (κ2) is 8.50. The quantitative estimate of drug-likeness (QED) is 0.489. The Morgan fingerprint density at radius 3 is 2.35 bits per heavy atom. The summed E-state index contributed by atoms with van der Waals surface area (Å²) in [6, 6.07) is 3.58. The maximum absolute atomic E-state index is 14.1. The molecule has 2 N–H and O–H groups in total. The van der Waals surface area contributed by atoms with E-state index < -0.39 is 40.4 Å². The fourth-order valence-corrected chi connectivity index (χ4v) is 3.01. The number of nitrogens with zero attached hydrogens (tertiary/aromatic N) is 1. The number of hydrogen-bond donors (Lipinski definition) is 1. The largest absolute Gasteiger partial charge is 0.462 e. The molecule has 0 saturated carbocycles. The number of aromatic nitrogens is 1. The van der Waals surface area contributed by atoms with E-state index in [1.807, 2.05) is 0 Å². The van der Waals surface area contributed by atoms with Crippen molar-refractivity contribution in [3.05, 3.63) is 69.3 Å². The molecule has 0 bridgehead atoms. The van der Waals surface area contributed by atoms with Crippen LogP contribution in [0.1, 0.15) is 29.8 Å². The molecule has 162 valence electrons. The Morgan fingerprint density at radius 2 is 1.71 bits per heavy atom. The van der Waals surface area contributed by atoms with Gasteiger partial charge in [-0.3, -0.25) is 9.59 Å². The third-order valence-electron chi connectivity index (χ3n) is 4.43. The lowest BCUT2D eigenvalue weighted by atomic mass is 10.1. The zero-order valence-corrected chi connectivity index (χ0v) is 16.5. The van der Waals surface area contributed by atoms with Crippen LogP contribution in [0.5, 0.6) is 0 Å². The Labute approximate surface area is 173 Å². The lowest BCUT2D eigenvalue weighted by Gasteiger charge is -2.18. The SMILES string of the molecule is CCOC(=O)c1cn(-c2cc(N)c(F)cc2COC(C)=O)c2cc(F)c(F)cc2c1=O. The van der Waals surface area contributed by atoms with E-state index in [-0.39, 0.29) is 41.1 Å². The van der Waals surface area contributed by atoms with Gasteiger partial charge in [0, 0.05) is 24.8 Å². The molecule has 31 heavy (non-hydrogen) atoms. The fraction of sp³-hybridized carbons (Fsp3) is 0.190. The first kappa shape index (κ1) is 21.9. The van der Waals surface area contributed by atoms with Crippen LogP contribution < -0.4 is 11.2 Å². The monoisotopic (exact) mass is 434 g/mol. The Bertz CT molecular complexity index is 1270. The zero-order chi connectivity index (χ0) is 22.9. The number of nitrogen functional groups attached to an aromatic ring is 1. The summed E-state index contributed by atoms with van der Waals surface area (Å²) in [4.78, 5) is 36.3. The summed E-state index contributed by atoms with van der Waals surface area (Å²) >= 11 is 0. The van der Waals surface area contributed by atoms with Crippen molar-refractivity contribution in [3.63, 3.8) is 0 Å². The van der Waals surface area contributed by atoms with Gasteiger partial charge in [0.1, 0.15) is 18.0 Å². The van der Waals surface area contributed by atoms with Crippen LogP contribution in [-0.2, 0) is 20.9 Å². The molecular weight excluding hydrogens is 417 g/mol. The minimum atomic E-state index is -1.30. The molecule has 1 aromatic heterocycles. The van der Waals surface area contributed by atoms with Gasteiger partial charge < -0.3 is 19.8 Å². The molecule has 3 rings (SSSR count). The van der Waals surface area contributed by atoms with E-state index in [0.29, 0.717) is 6.07 Å². The molecule has 0 atom stereocenters. The fourth-order valence-electron chi connectivity index (χ4n) is 3.01. The third kappa shape index (κ3) is 4.23. The average Bonchev–Trinajstić information content (AvgIpc) is 2.70. The van der Waals surface area contributed by atoms with Crippen LogP contribution in [0.3, 0.4) is 0 Å². The number of carbonyl (C=O) groups is 2. The van der Waals surface area contributed by atoms with Gasteiger partial charge in [0.15, 0.2) is 11.6 Å². The van der Waals surface area contributed by atoms with Crippen LogP contribution in [0.25, 0.3) is 16.6 Å². The van der Waals surface area contributed by atoms with Gasteiger partial charge in [-0.15, -0.1) is 0 Å². The highest BCUT2D eigenvalue weighted by Crippen LogP contribution is 2.27. The number of carbonyl (C=O) groups excluding carboxylic acids is 2. The highest BCUT2D eigenvalue weighted by Gasteiger charge is 2.21. The second-order valence-corrected chi connectivity index (χ2v) is 6.53. The van der Waals surface area contributed by atoms with Gasteiger partial charge in [-0.2, -0.15) is 0 Å². The normalized spacial score (nSPS) is 10.9. The molecule has 0 aliphatic carbocycles. The van der Waals surface area contributed by atoms with E-state index in [9.17, 15) is 27.6 Å². The van der Waals surface area contributed by atoms with Crippen LogP contribution in [0.15, 0.2) is 35.3 Å². The number of nitrogens with two attached hydrogens (primary N) is 1. The van der Waals surface area contributed by atoms with Gasteiger partial charge in [0.05, 0.1) is 28.9 Å². The van der Waals surface area contributed by atoms with Crippen LogP contribution in [-0.4, -0.2) is 23.1 Å². The molecule has 0 unspecified atom stereocenters. The molecule has 0 radical (unpaired) electrons. The van der Waals surface area contributed by atoms with Crippen LogP contribution in [0.4, 0.5) is 18.9 Å². The lowest BCUT2D eigenvalue weighted by molar-refractivity contribution is -0.142. The number of esters is 2. The van der Waals surface area contributed by atoms with Crippen molar-refractivity contribution in [2.24, 2.45) is 0 Å². The zero-order valence-electron chi connectivity index (χ0n) is 16.5. The molecule has 0 amide bonds. The molecule has 0 saturated heterocycles. The molecule has 0 spiro atoms. The summed E-state index contributed by atoms with van der Waals surface area (Å²) in [5.74, 6) is -4.98. The molecule has 0 aliphatic rings. The summed E-state index contributed by atoms with van der Waals surface area (Å²) in [6.07, 6.45) is 1.06. The van der Waals surface area contributed by atoms with E-state index in [4.69, 9.17) is 15.2 Å². The smallest absolute Gasteiger partial charge is 0.343 e. The Kier molecular flexibility index (Phi) is 6.00. The minimum absolute atomic E-state index is 0.0325. The Hall–Kier alpha value is -3.82. The van der Waals surface area contributed by atoms with E-state index in [1.54, 1.807) is 0 Å². The number of hydrogen-bond acceptors (Lipinski definition) is 6. The number of benzene rings is 2. The summed E-state index contributed by atoms with van der Waals surface area (Å²) in [7, 11) is 0. The van der Waals surface area contributed by atoms with Crippen molar-refractivity contribution in [2.75, 3.05) is 12.3 Å². The topological polar surface area (TPSA) is 101 Å². The van der Waals surface area contributed by atoms with Crippen LogP contribution in [0, 0.1) is 17.5 Å². The van der Waals surface area contributed by atoms with Crippen molar-refractivity contribution in [2.45, 2.75) is 20.5 Å². The first-order valence-corrected chi connectivity index (χ1v) is 9.07. The highest BCUT2D eigenvalue weighted by atomic mass is 19.2. The Balaban J connectivity index is 2.41. The maximum atomic E-state index is 14.1. The molecule has 10 heteroatoms. The van der Waals surface area contributed by atoms with E-state index >= 15 is 0 Å². The number of halogens is 3. The highest BCUT2D eigenvalue weighted by molar-refractivity contribution is 5.94. The van der Waals surface area contributed by atoms with Gasteiger partial charge in [-0.25, -0.2) is 18.0 Å². The molecule has 7 nitrogen and oxygen atoms in total. The summed E-state index contributed by atoms with van der Waals surface area (Å²) in [5, 5.41) is -0.314. The van der Waals surface area contributed by atoms with Gasteiger partial charge in [-0.05, 0) is 25.1 Å². The van der Waals surface area contributed by atoms with E-state index in [2.05, 4.69) is 0 Å². The molecule has 0 aliphatic heterocycles. The molecule has 1 heterocycles. The number of rotatable bonds is 5. The van der Waals surface area contributed by atoms with Crippen LogP contribution >= 0.6 is 0 Å². The predicted octanol–water partition coefficient (Wildman–Crippen LogP) is 3.23. The van der Waals surface area contributed by atoms with Crippen molar-refractivity contribution in [1.82, 2.24) is 4.57 Å². The Morgan fingerprint density at radius 1 is 1.03 bits per heavy atom. The van der Waals surface area contributed by atoms with Gasteiger partial charge in [-0.1, -0.05) is 0 Å². The van der Waals surface area contributed by atoms with Gasteiger partial charge in [0.2, 0.25) is 5.43 Å². The van der Waals surface area contributed by atoms with Crippen molar-refractivity contribution >= 4 is 28.5 Å². The number of anilines is 1. The molecule has 2 aromatic carbocycles. The summed E-state index contributed by atoms with van der Waals surface area (Å²) in [6.45, 7) is 2.27. The molecule has 0 fully saturated rings.